The Bertz CT molecular complexity index is 3210. The molecule has 1 amide bonds. The predicted octanol–water partition coefficient (Wildman–Crippen LogP) is 10.7. The monoisotopic (exact) mass is 1320 g/mol. The highest BCUT2D eigenvalue weighted by Gasteiger charge is 2.56. The quantitative estimate of drug-likeness (QED) is 0.0533. The number of aryl methyl sites for hydroxylation is 2. The van der Waals surface area contributed by atoms with E-state index in [9.17, 15) is 84.2 Å². The van der Waals surface area contributed by atoms with Crippen LogP contribution < -0.4 is 5.48 Å². The summed E-state index contributed by atoms with van der Waals surface area (Å²) in [5.74, 6) is -7.50. The number of carbonyl (C=O) groups is 4. The normalized spacial score (nSPS) is 19.2. The lowest BCUT2D eigenvalue weighted by atomic mass is 9.94. The summed E-state index contributed by atoms with van der Waals surface area (Å²) in [5.41, 5.74) is 6.23. The van der Waals surface area contributed by atoms with Gasteiger partial charge in [-0.25, -0.2) is 36.7 Å². The van der Waals surface area contributed by atoms with E-state index in [-0.39, 0.29) is 61.2 Å². The fraction of sp³-hybridized carbons (Fsp3) is 0.544. The molecule has 1 atom stereocenters. The molecule has 5 fully saturated rings. The van der Waals surface area contributed by atoms with Gasteiger partial charge < -0.3 is 29.9 Å². The second-order valence-corrected chi connectivity index (χ2v) is 26.4. The van der Waals surface area contributed by atoms with Crippen molar-refractivity contribution in [3.05, 3.63) is 96.3 Å². The van der Waals surface area contributed by atoms with Crippen LogP contribution in [0.1, 0.15) is 107 Å². The first-order chi connectivity index (χ1) is 41.5. The summed E-state index contributed by atoms with van der Waals surface area (Å²) in [5, 5.41) is 24.2. The van der Waals surface area contributed by atoms with Gasteiger partial charge in [0, 0.05) is 87.7 Å². The van der Waals surface area contributed by atoms with Gasteiger partial charge in [-0.3, -0.25) is 19.6 Å². The van der Waals surface area contributed by atoms with Gasteiger partial charge in [0.15, 0.2) is 35.5 Å². The molecule has 2 aromatic heterocycles. The molecule has 9 rings (SSSR count). The Labute approximate surface area is 503 Å². The highest BCUT2D eigenvalue weighted by molar-refractivity contribution is 7.94. The summed E-state index contributed by atoms with van der Waals surface area (Å²) < 4.78 is 195. The van der Waals surface area contributed by atoms with E-state index in [4.69, 9.17) is 29.4 Å². The third-order valence-corrected chi connectivity index (χ3v) is 20.5. The van der Waals surface area contributed by atoms with Crippen LogP contribution in [-0.2, 0) is 61.3 Å². The van der Waals surface area contributed by atoms with Gasteiger partial charge in [-0.1, -0.05) is 36.4 Å². The van der Waals surface area contributed by atoms with Gasteiger partial charge >= 0.3 is 42.6 Å². The zero-order valence-corrected chi connectivity index (χ0v) is 49.1. The zero-order chi connectivity index (χ0) is 65.8. The maximum Gasteiger partial charge on any atom is 0.490 e. The fourth-order valence-corrected chi connectivity index (χ4v) is 14.0. The maximum atomic E-state index is 14.1. The third-order valence-electron chi connectivity index (χ3n) is 15.5. The van der Waals surface area contributed by atoms with E-state index in [1.165, 1.54) is 30.5 Å². The van der Waals surface area contributed by atoms with E-state index in [0.29, 0.717) is 84.9 Å². The number of sulfone groups is 2. The number of nitrogens with zero attached hydrogens (tertiary/aromatic N) is 4. The molecule has 4 aromatic rings. The molecular formula is C57H65F12N5O13S2. The number of piperidine rings is 2. The standard InChI is InChI=1S/C29H36F3N3O5S.C24H27F3N2O4S.2C2HF3O2/c30-29(31,32)14-3-4-21-6-13-25(33-20-21)22-7-11-24(12-8-22)41(37,38)28(15-17-35(18-16-28)23-9-10-23)27(36)34-40-26-5-1-2-19-39-26;25-24(26,27)11-1-2-17-3-10-21(28-16-17)18-4-8-20(9-5-18)34(32,33)23(22(30)31)12-14-29(15-13-23)19-6-7-19;2*3-2(4,5)1(6)7/h6-8,11-13,20,23,26H,1-5,9-10,14-19H2,(H,34,36);3-5,8-10,16,19H,1-2,6-7,11-15H2,(H,30,31);2*(H,6,7). The number of carboxylic acids is 3. The lowest BCUT2D eigenvalue weighted by Crippen LogP contribution is -2.58. The van der Waals surface area contributed by atoms with Crippen LogP contribution in [0.3, 0.4) is 0 Å². The molecule has 2 aliphatic carbocycles. The number of pyridine rings is 2. The van der Waals surface area contributed by atoms with Gasteiger partial charge in [0.2, 0.25) is 0 Å². The Morgan fingerprint density at radius 2 is 0.921 bits per heavy atom. The van der Waals surface area contributed by atoms with Gasteiger partial charge in [-0.2, -0.15) is 52.7 Å². The smallest absolute Gasteiger partial charge is 0.480 e. The maximum absolute atomic E-state index is 14.1. The van der Waals surface area contributed by atoms with Crippen molar-refractivity contribution in [3.8, 4) is 22.5 Å². The van der Waals surface area contributed by atoms with Gasteiger partial charge in [0.05, 0.1) is 21.2 Å². The van der Waals surface area contributed by atoms with Crippen LogP contribution in [0.4, 0.5) is 52.7 Å². The number of aliphatic carboxylic acids is 3. The number of halogens is 12. The predicted molar refractivity (Wildman–Crippen MR) is 293 cm³/mol. The first-order valence-electron chi connectivity index (χ1n) is 28.1. The molecule has 89 heavy (non-hydrogen) atoms. The summed E-state index contributed by atoms with van der Waals surface area (Å²) >= 11 is 0. The summed E-state index contributed by atoms with van der Waals surface area (Å²) in [6.07, 6.45) is -10.0. The van der Waals surface area contributed by atoms with Crippen molar-refractivity contribution in [1.82, 2.24) is 25.2 Å². The topological polar surface area (TPSA) is 260 Å². The largest absolute Gasteiger partial charge is 0.490 e. The van der Waals surface area contributed by atoms with E-state index in [1.807, 2.05) is 0 Å². The van der Waals surface area contributed by atoms with E-state index < -0.39 is 96.8 Å². The first-order valence-corrected chi connectivity index (χ1v) is 31.1. The summed E-state index contributed by atoms with van der Waals surface area (Å²) in [4.78, 5) is 62.1. The van der Waals surface area contributed by atoms with Crippen LogP contribution in [0.25, 0.3) is 22.5 Å². The minimum absolute atomic E-state index is 0.0104. The van der Waals surface area contributed by atoms with Crippen molar-refractivity contribution in [1.29, 1.82) is 0 Å². The fourth-order valence-electron chi connectivity index (χ4n) is 10.1. The number of hydrogen-bond acceptors (Lipinski definition) is 14. The Kier molecular flexibility index (Phi) is 23.8. The van der Waals surface area contributed by atoms with Crippen LogP contribution in [-0.4, -0.2) is 161 Å². The second-order valence-electron chi connectivity index (χ2n) is 21.9. The number of likely N-dealkylation sites (tertiary alicyclic amines) is 2. The first kappa shape index (κ1) is 71.6. The van der Waals surface area contributed by atoms with E-state index in [1.54, 1.807) is 54.7 Å². The van der Waals surface area contributed by atoms with E-state index in [0.717, 1.165) is 38.5 Å². The summed E-state index contributed by atoms with van der Waals surface area (Å²) in [7, 11) is -8.22. The van der Waals surface area contributed by atoms with Gasteiger partial charge in [0.25, 0.3) is 5.91 Å². The molecular weight excluding hydrogens is 1250 g/mol. The number of ether oxygens (including phenoxy) is 1. The molecule has 32 heteroatoms. The highest BCUT2D eigenvalue weighted by Crippen LogP contribution is 2.42. The van der Waals surface area contributed by atoms with Crippen LogP contribution in [0, 0.1) is 0 Å². The number of alkyl halides is 12. The van der Waals surface area contributed by atoms with Crippen LogP contribution in [0.2, 0.25) is 0 Å². The number of carboxylic acid groups (broad SMARTS) is 3. The molecule has 1 unspecified atom stereocenters. The van der Waals surface area contributed by atoms with Crippen LogP contribution in [0.15, 0.2) is 95.0 Å². The van der Waals surface area contributed by atoms with E-state index >= 15 is 0 Å². The Morgan fingerprint density at radius 1 is 0.551 bits per heavy atom. The molecule has 2 aromatic carbocycles. The van der Waals surface area contributed by atoms with Crippen LogP contribution >= 0.6 is 0 Å². The third kappa shape index (κ3) is 20.0. The van der Waals surface area contributed by atoms with Crippen molar-refractivity contribution in [2.75, 3.05) is 32.8 Å². The number of amides is 1. The molecule has 4 N–H and O–H groups in total. The number of rotatable bonds is 18. The molecule has 5 heterocycles. The van der Waals surface area contributed by atoms with Crippen molar-refractivity contribution in [3.63, 3.8) is 0 Å². The molecule has 2 saturated carbocycles. The van der Waals surface area contributed by atoms with Crippen LogP contribution in [0.5, 0.6) is 0 Å². The van der Waals surface area contributed by atoms with Gasteiger partial charge in [-0.15, -0.1) is 0 Å². The average Bonchev–Trinajstić information content (AvgIpc) is 1.71. The molecule has 3 aliphatic heterocycles. The number of benzene rings is 2. The number of nitrogens with one attached hydrogen (secondary N) is 1. The molecule has 18 nitrogen and oxygen atoms in total. The summed E-state index contributed by atoms with van der Waals surface area (Å²) in [6.45, 7) is 2.45. The Balaban J connectivity index is 0.000000236. The van der Waals surface area contributed by atoms with E-state index in [2.05, 4.69) is 25.2 Å². The number of carbonyl (C=O) groups excluding carboxylic acids is 1. The van der Waals surface area contributed by atoms with Gasteiger partial charge in [-0.05, 0) is 137 Å². The zero-order valence-electron chi connectivity index (χ0n) is 47.4. The molecule has 0 bridgehead atoms. The van der Waals surface area contributed by atoms with Crippen molar-refractivity contribution in [2.45, 2.75) is 172 Å². The molecule has 0 radical (unpaired) electrons. The number of hydrogen-bond donors (Lipinski definition) is 4. The van der Waals surface area contributed by atoms with Crippen molar-refractivity contribution < 1.29 is 114 Å². The molecule has 3 saturated heterocycles. The van der Waals surface area contributed by atoms with Gasteiger partial charge in [0.1, 0.15) is 0 Å². The molecule has 0 spiro atoms. The number of hydroxylamine groups is 1. The lowest BCUT2D eigenvalue weighted by Gasteiger charge is -2.40. The summed E-state index contributed by atoms with van der Waals surface area (Å²) in [6, 6.07) is 19.9. The Morgan fingerprint density at radius 3 is 1.22 bits per heavy atom. The number of aromatic nitrogens is 2. The average molecular weight is 1320 g/mol. The Hall–Kier alpha value is -6.48. The minimum atomic E-state index is -5.08. The SMILES string of the molecule is O=C(NOC1CCCCO1)C1(S(=O)(=O)c2ccc(-c3ccc(CCCC(F)(F)F)cn3)cc2)CCN(C2CC2)CC1.O=C(O)C(F)(F)F.O=C(O)C(F)(F)F.O=C(O)C1(S(=O)(=O)c2ccc(-c3ccc(CCCC(F)(F)F)cn3)cc2)CCN(C2CC2)CC1. The highest BCUT2D eigenvalue weighted by atomic mass is 32.2. The van der Waals surface area contributed by atoms with Crippen molar-refractivity contribution in [2.24, 2.45) is 0 Å². The molecule has 5 aliphatic rings. The molecule has 492 valence electrons. The second kappa shape index (κ2) is 29.6. The van der Waals surface area contributed by atoms with Crippen molar-refractivity contribution >= 4 is 43.5 Å². The lowest BCUT2D eigenvalue weighted by molar-refractivity contribution is -0.202. The minimum Gasteiger partial charge on any atom is -0.480 e.